The maximum atomic E-state index is 7.84. The van der Waals surface area contributed by atoms with E-state index in [4.69, 9.17) is 6.57 Å². The van der Waals surface area contributed by atoms with Crippen LogP contribution in [0.1, 0.15) is 11.6 Å². The van der Waals surface area contributed by atoms with Crippen LogP contribution in [0.4, 0.5) is 5.69 Å². The summed E-state index contributed by atoms with van der Waals surface area (Å²) in [6.45, 7) is 11.5. The van der Waals surface area contributed by atoms with Gasteiger partial charge in [0.25, 0.3) is 0 Å². The molecule has 0 N–H and O–H groups in total. The van der Waals surface area contributed by atoms with Gasteiger partial charge in [0, 0.05) is 22.0 Å². The summed E-state index contributed by atoms with van der Waals surface area (Å²) in [6.07, 6.45) is 0. The van der Waals surface area contributed by atoms with Crippen LogP contribution in [-0.4, -0.2) is 19.5 Å². The molecular weight excluding hydrogens is 502 g/mol. The van der Waals surface area contributed by atoms with Gasteiger partial charge >= 0.3 is 0 Å². The van der Waals surface area contributed by atoms with Gasteiger partial charge in [-0.1, -0.05) is 91.0 Å². The molecule has 5 aromatic carbocycles. The first-order valence-corrected chi connectivity index (χ1v) is 13.5. The van der Waals surface area contributed by atoms with Gasteiger partial charge in [0.2, 0.25) is 0 Å². The minimum Gasteiger partial charge on any atom is -0.309 e. The van der Waals surface area contributed by atoms with Crippen molar-refractivity contribution in [3.63, 3.8) is 0 Å². The molecule has 7 aromatic rings. The van der Waals surface area contributed by atoms with Crippen LogP contribution in [0.5, 0.6) is 0 Å². The van der Waals surface area contributed by atoms with Crippen molar-refractivity contribution in [1.29, 1.82) is 0 Å². The zero-order valence-electron chi connectivity index (χ0n) is 22.7. The summed E-state index contributed by atoms with van der Waals surface area (Å²) in [6, 6.07) is 40.1. The van der Waals surface area contributed by atoms with Crippen molar-refractivity contribution >= 4 is 27.5 Å². The van der Waals surface area contributed by atoms with Gasteiger partial charge in [0.05, 0.1) is 17.6 Å². The van der Waals surface area contributed by atoms with E-state index in [1.165, 1.54) is 10.8 Å². The lowest BCUT2D eigenvalue weighted by Gasteiger charge is -2.13. The Morgan fingerprint density at radius 2 is 1.10 bits per heavy atom. The molecule has 0 saturated heterocycles. The van der Waals surface area contributed by atoms with E-state index in [0.29, 0.717) is 28.7 Å². The third-order valence-electron chi connectivity index (χ3n) is 7.44. The van der Waals surface area contributed by atoms with Crippen LogP contribution in [0.2, 0.25) is 0 Å². The molecule has 41 heavy (non-hydrogen) atoms. The Labute approximate surface area is 238 Å². The summed E-state index contributed by atoms with van der Waals surface area (Å²) in [5, 5.41) is 2.34. The molecule has 0 bridgehead atoms. The summed E-state index contributed by atoms with van der Waals surface area (Å²) >= 11 is 0. The number of fused-ring (bicyclic) bond motifs is 3. The second-order valence-corrected chi connectivity index (χ2v) is 10.1. The van der Waals surface area contributed by atoms with Crippen LogP contribution in [0, 0.1) is 20.4 Å². The number of aromatic nitrogens is 4. The lowest BCUT2D eigenvalue weighted by molar-refractivity contribution is 0.929. The fourth-order valence-electron chi connectivity index (χ4n) is 5.59. The predicted octanol–water partition coefficient (Wildman–Crippen LogP) is 9.14. The number of hydrogen-bond acceptors (Lipinski definition) is 3. The molecule has 0 unspecified atom stereocenters. The minimum absolute atomic E-state index is 0.509. The summed E-state index contributed by atoms with van der Waals surface area (Å²) in [5.74, 6) is 1.77. The van der Waals surface area contributed by atoms with Gasteiger partial charge < -0.3 is 4.57 Å². The third-order valence-corrected chi connectivity index (χ3v) is 7.44. The van der Waals surface area contributed by atoms with E-state index >= 15 is 0 Å². The lowest BCUT2D eigenvalue weighted by Crippen LogP contribution is -2.00. The van der Waals surface area contributed by atoms with E-state index < -0.39 is 0 Å². The molecule has 0 aliphatic heterocycles. The van der Waals surface area contributed by atoms with E-state index in [-0.39, 0.29) is 0 Å². The molecule has 0 fully saturated rings. The summed E-state index contributed by atoms with van der Waals surface area (Å²) in [7, 11) is 0. The molecule has 0 aliphatic rings. The van der Waals surface area contributed by atoms with E-state index in [2.05, 4.69) is 109 Å². The van der Waals surface area contributed by atoms with Crippen molar-refractivity contribution in [3.8, 4) is 39.3 Å². The monoisotopic (exact) mass is 527 g/mol. The molecule has 0 atom stereocenters. The van der Waals surface area contributed by atoms with E-state index in [9.17, 15) is 0 Å². The second kappa shape index (κ2) is 9.86. The number of benzene rings is 5. The summed E-state index contributed by atoms with van der Waals surface area (Å²) in [5.41, 5.74) is 8.95. The standard InChI is InChI=1S/C36H25N5/c1-23-38-24(2)40-36(39-23)32-22-29(16-19-33(32)37-3)41-34-20-27(25-10-6-4-7-11-25)14-17-30(34)31-18-15-28(21-35(31)41)26-12-8-5-9-13-26/h4-22H,1-2H3. The van der Waals surface area contributed by atoms with Crippen LogP contribution in [-0.2, 0) is 0 Å². The Balaban J connectivity index is 1.54. The third kappa shape index (κ3) is 4.32. The Hall–Kier alpha value is -5.60. The van der Waals surface area contributed by atoms with Gasteiger partial charge in [-0.25, -0.2) is 19.8 Å². The van der Waals surface area contributed by atoms with Crippen molar-refractivity contribution in [3.05, 3.63) is 138 Å². The van der Waals surface area contributed by atoms with E-state index in [1.807, 2.05) is 44.2 Å². The van der Waals surface area contributed by atoms with E-state index in [1.54, 1.807) is 0 Å². The molecule has 0 amide bonds. The Morgan fingerprint density at radius 3 is 1.61 bits per heavy atom. The Morgan fingerprint density at radius 1 is 0.561 bits per heavy atom. The van der Waals surface area contributed by atoms with Crippen LogP contribution in [0.15, 0.2) is 115 Å². The molecule has 7 rings (SSSR count). The first kappa shape index (κ1) is 24.4. The quantitative estimate of drug-likeness (QED) is 0.214. The van der Waals surface area contributed by atoms with Crippen molar-refractivity contribution in [2.24, 2.45) is 0 Å². The average molecular weight is 528 g/mol. The molecule has 0 radical (unpaired) electrons. The van der Waals surface area contributed by atoms with Crippen LogP contribution < -0.4 is 0 Å². The molecule has 2 aromatic heterocycles. The van der Waals surface area contributed by atoms with Crippen LogP contribution in [0.25, 0.3) is 66.0 Å². The average Bonchev–Trinajstić information content (AvgIpc) is 3.34. The summed E-state index contributed by atoms with van der Waals surface area (Å²) < 4.78 is 2.29. The van der Waals surface area contributed by atoms with Gasteiger partial charge in [-0.05, 0) is 60.4 Å². The van der Waals surface area contributed by atoms with Crippen LogP contribution in [0.3, 0.4) is 0 Å². The second-order valence-electron chi connectivity index (χ2n) is 10.1. The fourth-order valence-corrected chi connectivity index (χ4v) is 5.59. The van der Waals surface area contributed by atoms with Crippen molar-refractivity contribution < 1.29 is 0 Å². The SMILES string of the molecule is [C-]#[N+]c1ccc(-n2c3cc(-c4ccccc4)ccc3c3ccc(-c4ccccc4)cc32)cc1-c1nc(C)nc(C)n1. The first-order chi connectivity index (χ1) is 20.1. The highest BCUT2D eigenvalue weighted by Gasteiger charge is 2.17. The lowest BCUT2D eigenvalue weighted by atomic mass is 10.0. The van der Waals surface area contributed by atoms with Gasteiger partial charge in [0.1, 0.15) is 11.6 Å². The summed E-state index contributed by atoms with van der Waals surface area (Å²) in [4.78, 5) is 17.3. The Bertz CT molecular complexity index is 2000. The highest BCUT2D eigenvalue weighted by Crippen LogP contribution is 2.39. The van der Waals surface area contributed by atoms with Gasteiger partial charge in [-0.2, -0.15) is 0 Å². The molecule has 194 valence electrons. The molecule has 0 spiro atoms. The molecule has 5 nitrogen and oxygen atoms in total. The normalized spacial score (nSPS) is 11.1. The number of aryl methyl sites for hydroxylation is 2. The highest BCUT2D eigenvalue weighted by atomic mass is 15.0. The molecule has 0 saturated carbocycles. The highest BCUT2D eigenvalue weighted by molar-refractivity contribution is 6.11. The fraction of sp³-hybridized carbons (Fsp3) is 0.0556. The van der Waals surface area contributed by atoms with Gasteiger partial charge in [-0.15, -0.1) is 0 Å². The minimum atomic E-state index is 0.509. The molecular formula is C36H25N5. The smallest absolute Gasteiger partial charge is 0.198 e. The van der Waals surface area contributed by atoms with Gasteiger partial charge in [0.15, 0.2) is 11.5 Å². The Kier molecular flexibility index (Phi) is 5.88. The number of rotatable bonds is 4. The number of nitrogens with zero attached hydrogens (tertiary/aromatic N) is 5. The van der Waals surface area contributed by atoms with Crippen molar-refractivity contribution in [2.75, 3.05) is 0 Å². The zero-order chi connectivity index (χ0) is 27.9. The molecule has 2 heterocycles. The van der Waals surface area contributed by atoms with E-state index in [0.717, 1.165) is 39.0 Å². The predicted molar refractivity (Wildman–Crippen MR) is 166 cm³/mol. The number of hydrogen-bond donors (Lipinski definition) is 0. The van der Waals surface area contributed by atoms with Gasteiger partial charge in [-0.3, -0.25) is 0 Å². The maximum Gasteiger partial charge on any atom is 0.198 e. The largest absolute Gasteiger partial charge is 0.309 e. The first-order valence-electron chi connectivity index (χ1n) is 13.5. The molecule has 5 heteroatoms. The van der Waals surface area contributed by atoms with Crippen molar-refractivity contribution in [1.82, 2.24) is 19.5 Å². The molecule has 0 aliphatic carbocycles. The zero-order valence-corrected chi connectivity index (χ0v) is 22.7. The van der Waals surface area contributed by atoms with Crippen LogP contribution >= 0.6 is 0 Å². The topological polar surface area (TPSA) is 48.0 Å². The maximum absolute atomic E-state index is 7.84. The van der Waals surface area contributed by atoms with Crippen molar-refractivity contribution in [2.45, 2.75) is 13.8 Å².